The highest BCUT2D eigenvalue weighted by atomic mass is 32.2. The number of cyclic esters (lactones) is 1. The summed E-state index contributed by atoms with van der Waals surface area (Å²) >= 11 is 1.64. The molecule has 1 rings (SSSR count). The Kier molecular flexibility index (Phi) is 8.96. The molecule has 1 aliphatic heterocycles. The Balaban J connectivity index is 2.91. The minimum Gasteiger partial charge on any atom is -0.462 e. The molecule has 1 heterocycles. The summed E-state index contributed by atoms with van der Waals surface area (Å²) in [4.78, 5) is 12.6. The molecule has 6 heteroatoms. The summed E-state index contributed by atoms with van der Waals surface area (Å²) < 4.78 is 11.9. The van der Waals surface area contributed by atoms with Crippen molar-refractivity contribution in [2.75, 3.05) is 6.26 Å². The number of unbranched alkanes of at least 4 members (excludes halogenated alkanes) is 1. The Morgan fingerprint density at radius 1 is 1.29 bits per heavy atom. The predicted octanol–water partition coefficient (Wildman–Crippen LogP) is 6.26. The maximum Gasteiger partial charge on any atom is 0.322 e. The average molecular weight is 443 g/mol. The summed E-state index contributed by atoms with van der Waals surface area (Å²) in [5.74, 6) is 3.32. The number of ether oxygens (including phenoxy) is 1. The normalized spacial score (nSPS) is 24.5. The number of thioether (sulfide) groups is 1. The van der Waals surface area contributed by atoms with Crippen LogP contribution in [0.2, 0.25) is 37.8 Å². The van der Waals surface area contributed by atoms with E-state index in [9.17, 15) is 4.79 Å². The Labute approximate surface area is 180 Å². The van der Waals surface area contributed by atoms with Crippen LogP contribution in [0.5, 0.6) is 0 Å². The summed E-state index contributed by atoms with van der Waals surface area (Å²) in [5, 5.41) is 0.152. The minimum atomic E-state index is -1.91. The van der Waals surface area contributed by atoms with Crippen molar-refractivity contribution in [3.63, 3.8) is 0 Å². The van der Waals surface area contributed by atoms with Crippen molar-refractivity contribution < 1.29 is 14.0 Å². The van der Waals surface area contributed by atoms with Gasteiger partial charge in [0.05, 0.1) is 0 Å². The Bertz CT molecular complexity index is 596. The first-order valence-electron chi connectivity index (χ1n) is 10.6. The zero-order chi connectivity index (χ0) is 21.8. The van der Waals surface area contributed by atoms with Crippen LogP contribution in [-0.2, 0) is 14.0 Å². The highest BCUT2D eigenvalue weighted by molar-refractivity contribution is 8.00. The molecule has 0 saturated carbocycles. The van der Waals surface area contributed by atoms with Gasteiger partial charge in [-0.15, -0.1) is 23.2 Å². The molecule has 162 valence electrons. The van der Waals surface area contributed by atoms with Gasteiger partial charge in [-0.2, -0.15) is 0 Å². The van der Waals surface area contributed by atoms with Crippen molar-refractivity contribution in [1.82, 2.24) is 0 Å². The Morgan fingerprint density at radius 3 is 2.32 bits per heavy atom. The second kappa shape index (κ2) is 9.72. The molecule has 1 fully saturated rings. The predicted molar refractivity (Wildman–Crippen MR) is 128 cm³/mol. The van der Waals surface area contributed by atoms with E-state index in [1.807, 2.05) is 13.2 Å². The van der Waals surface area contributed by atoms with Crippen molar-refractivity contribution in [3.8, 4) is 11.5 Å². The molecule has 0 aromatic carbocycles. The molecule has 28 heavy (non-hydrogen) atoms. The lowest BCUT2D eigenvalue weighted by atomic mass is 9.94. The Hall–Kier alpha value is -0.226. The second-order valence-corrected chi connectivity index (χ2v) is 21.5. The van der Waals surface area contributed by atoms with E-state index in [-0.39, 0.29) is 23.2 Å². The van der Waals surface area contributed by atoms with Crippen LogP contribution in [0, 0.1) is 11.5 Å². The van der Waals surface area contributed by atoms with Crippen LogP contribution in [0.4, 0.5) is 0 Å². The number of carbonyl (C=O) groups excluding carboxylic acids is 1. The monoisotopic (exact) mass is 442 g/mol. The van der Waals surface area contributed by atoms with Crippen LogP contribution < -0.4 is 0 Å². The number of esters is 1. The summed E-state index contributed by atoms with van der Waals surface area (Å²) in [5.41, 5.74) is 3.45. The topological polar surface area (TPSA) is 35.5 Å². The largest absolute Gasteiger partial charge is 0.462 e. The van der Waals surface area contributed by atoms with Crippen molar-refractivity contribution in [3.05, 3.63) is 0 Å². The van der Waals surface area contributed by atoms with Gasteiger partial charge in [0.2, 0.25) is 0 Å². The summed E-state index contributed by atoms with van der Waals surface area (Å²) in [6.07, 6.45) is 6.51. The third-order valence-electron chi connectivity index (χ3n) is 5.80. The molecule has 0 amide bonds. The van der Waals surface area contributed by atoms with E-state index in [4.69, 9.17) is 9.16 Å². The van der Waals surface area contributed by atoms with Crippen LogP contribution in [0.25, 0.3) is 0 Å². The van der Waals surface area contributed by atoms with E-state index in [0.717, 1.165) is 32.1 Å². The van der Waals surface area contributed by atoms with Crippen molar-refractivity contribution in [2.45, 2.75) is 115 Å². The number of hydrogen-bond donors (Lipinski definition) is 0. The zero-order valence-electron chi connectivity index (χ0n) is 19.8. The Morgan fingerprint density at radius 2 is 1.89 bits per heavy atom. The van der Waals surface area contributed by atoms with Crippen LogP contribution in [0.3, 0.4) is 0 Å². The molecule has 0 bridgehead atoms. The highest BCUT2D eigenvalue weighted by Crippen LogP contribution is 2.44. The minimum absolute atomic E-state index is 0.00363. The molecule has 3 atom stereocenters. The van der Waals surface area contributed by atoms with Gasteiger partial charge in [-0.1, -0.05) is 40.4 Å². The third kappa shape index (κ3) is 7.55. The molecule has 0 N–H and O–H groups in total. The van der Waals surface area contributed by atoms with Crippen LogP contribution in [0.1, 0.15) is 59.8 Å². The van der Waals surface area contributed by atoms with Crippen LogP contribution in [-0.4, -0.2) is 45.6 Å². The van der Waals surface area contributed by atoms with Gasteiger partial charge in [0, 0.05) is 18.9 Å². The molecule has 0 aromatic heterocycles. The van der Waals surface area contributed by atoms with E-state index in [0.29, 0.717) is 0 Å². The first-order chi connectivity index (χ1) is 12.6. The van der Waals surface area contributed by atoms with Gasteiger partial charge in [0.25, 0.3) is 0 Å². The van der Waals surface area contributed by atoms with Gasteiger partial charge in [0.1, 0.15) is 18.9 Å². The number of carbonyl (C=O) groups is 1. The number of rotatable bonds is 8. The molecule has 1 aliphatic rings. The maximum absolute atomic E-state index is 12.6. The van der Waals surface area contributed by atoms with Gasteiger partial charge < -0.3 is 9.16 Å². The van der Waals surface area contributed by atoms with Crippen molar-refractivity contribution in [1.29, 1.82) is 0 Å². The lowest BCUT2D eigenvalue weighted by Crippen LogP contribution is -2.46. The second-order valence-electron chi connectivity index (χ2n) is 10.8. The zero-order valence-corrected chi connectivity index (χ0v) is 22.6. The first kappa shape index (κ1) is 25.8. The lowest BCUT2D eigenvalue weighted by Gasteiger charge is -2.41. The molecular weight excluding hydrogens is 400 g/mol. The van der Waals surface area contributed by atoms with E-state index in [2.05, 4.69) is 65.0 Å². The molecule has 0 aliphatic carbocycles. The summed E-state index contributed by atoms with van der Waals surface area (Å²) in [6.45, 7) is 20.2. The third-order valence-corrected chi connectivity index (χ3v) is 12.5. The fourth-order valence-electron chi connectivity index (χ4n) is 3.21. The molecule has 0 unspecified atom stereocenters. The van der Waals surface area contributed by atoms with E-state index >= 15 is 0 Å². The quantitative estimate of drug-likeness (QED) is 0.192. The first-order valence-corrected chi connectivity index (χ1v) is 18.2. The van der Waals surface area contributed by atoms with Gasteiger partial charge in [0.15, 0.2) is 8.32 Å². The summed E-state index contributed by atoms with van der Waals surface area (Å²) in [7, 11) is -3.23. The van der Waals surface area contributed by atoms with Crippen molar-refractivity contribution >= 4 is 34.1 Å². The van der Waals surface area contributed by atoms with Crippen LogP contribution >= 0.6 is 11.8 Å². The maximum atomic E-state index is 12.6. The molecule has 0 radical (unpaired) electrons. The standard InChI is InChI=1S/C22H42O3SSi2/c1-18-16-22(26-5,20(23)24-18)17-19(25-28(9,10)21(2,3)4)14-12-11-13-15-27(6,7)8/h18-19H,11-12,14,16-17H2,1-10H3/t18-,19+,22+/m0/s1. The van der Waals surface area contributed by atoms with Gasteiger partial charge in [-0.25, -0.2) is 0 Å². The molecular formula is C22H42O3SSi2. The van der Waals surface area contributed by atoms with Gasteiger partial charge >= 0.3 is 5.97 Å². The molecule has 0 aromatic rings. The van der Waals surface area contributed by atoms with E-state index in [1.54, 1.807) is 11.8 Å². The van der Waals surface area contributed by atoms with Crippen molar-refractivity contribution in [2.24, 2.45) is 0 Å². The number of hydrogen-bond acceptors (Lipinski definition) is 4. The smallest absolute Gasteiger partial charge is 0.322 e. The van der Waals surface area contributed by atoms with E-state index < -0.39 is 21.1 Å². The SMILES string of the molecule is CS[C@@]1(C[C@@H](CCCC#C[Si](C)(C)C)O[Si](C)(C)C(C)(C)C)C[C@H](C)OC1=O. The van der Waals surface area contributed by atoms with E-state index in [1.165, 1.54) is 0 Å². The fourth-order valence-corrected chi connectivity index (χ4v) is 6.22. The average Bonchev–Trinajstić information content (AvgIpc) is 2.78. The van der Waals surface area contributed by atoms with Gasteiger partial charge in [-0.05, 0) is 50.6 Å². The summed E-state index contributed by atoms with van der Waals surface area (Å²) in [6, 6.07) is 0. The lowest BCUT2D eigenvalue weighted by molar-refractivity contribution is -0.143. The van der Waals surface area contributed by atoms with Crippen LogP contribution in [0.15, 0.2) is 0 Å². The molecule has 3 nitrogen and oxygen atoms in total. The molecule has 1 saturated heterocycles. The highest BCUT2D eigenvalue weighted by Gasteiger charge is 2.50. The van der Waals surface area contributed by atoms with Gasteiger partial charge in [-0.3, -0.25) is 4.79 Å². The fraction of sp³-hybridized carbons (Fsp3) is 0.864. The molecule has 0 spiro atoms.